The quantitative estimate of drug-likeness (QED) is 0.723. The van der Waals surface area contributed by atoms with Gasteiger partial charge in [0, 0.05) is 26.2 Å². The zero-order valence-corrected chi connectivity index (χ0v) is 11.0. The first-order valence-electron chi connectivity index (χ1n) is 6.70. The molecular weight excluding hydrogens is 234 g/mol. The molecule has 0 aromatic rings. The second-order valence-electron chi connectivity index (χ2n) is 4.89. The van der Waals surface area contributed by atoms with Crippen molar-refractivity contribution in [1.82, 2.24) is 5.32 Å². The summed E-state index contributed by atoms with van der Waals surface area (Å²) in [6.07, 6.45) is 3.75. The molecule has 0 bridgehead atoms. The predicted molar refractivity (Wildman–Crippen MR) is 67.2 cm³/mol. The number of hydrogen-bond donors (Lipinski definition) is 2. The lowest BCUT2D eigenvalue weighted by atomic mass is 9.96. The predicted octanol–water partition coefficient (Wildman–Crippen LogP) is 1.42. The molecular formula is C13H23NO4. The molecule has 0 aliphatic carbocycles. The van der Waals surface area contributed by atoms with Gasteiger partial charge in [-0.15, -0.1) is 0 Å². The second kappa shape index (κ2) is 8.08. The third kappa shape index (κ3) is 5.49. The summed E-state index contributed by atoms with van der Waals surface area (Å²) in [6.45, 7) is 3.64. The summed E-state index contributed by atoms with van der Waals surface area (Å²) in [6, 6.07) is 0. The van der Waals surface area contributed by atoms with Crippen LogP contribution in [0.25, 0.3) is 0 Å². The minimum Gasteiger partial charge on any atom is -0.481 e. The number of carbonyl (C=O) groups is 2. The molecule has 2 N–H and O–H groups in total. The van der Waals surface area contributed by atoms with Crippen molar-refractivity contribution in [1.29, 1.82) is 0 Å². The zero-order valence-electron chi connectivity index (χ0n) is 11.0. The van der Waals surface area contributed by atoms with Crippen molar-refractivity contribution < 1.29 is 19.4 Å². The zero-order chi connectivity index (χ0) is 13.4. The first-order valence-corrected chi connectivity index (χ1v) is 6.70. The molecule has 0 saturated carbocycles. The lowest BCUT2D eigenvalue weighted by Crippen LogP contribution is -2.34. The monoisotopic (exact) mass is 257 g/mol. The molecule has 1 fully saturated rings. The minimum absolute atomic E-state index is 0.0377. The van der Waals surface area contributed by atoms with E-state index in [1.807, 2.05) is 6.92 Å². The normalized spacial score (nSPS) is 18.3. The standard InChI is InChI=1S/C13H23NO4/c1-2-3-11(13(16)17)9-14-12(15)8-10-4-6-18-7-5-10/h10-11H,2-9H2,1H3,(H,14,15)(H,16,17). The number of carboxylic acid groups (broad SMARTS) is 1. The van der Waals surface area contributed by atoms with Crippen LogP contribution in [0.4, 0.5) is 0 Å². The van der Waals surface area contributed by atoms with E-state index in [9.17, 15) is 9.59 Å². The van der Waals surface area contributed by atoms with E-state index in [4.69, 9.17) is 9.84 Å². The van der Waals surface area contributed by atoms with Gasteiger partial charge < -0.3 is 15.2 Å². The molecule has 0 radical (unpaired) electrons. The third-order valence-electron chi connectivity index (χ3n) is 3.35. The highest BCUT2D eigenvalue weighted by atomic mass is 16.5. The Balaban J connectivity index is 2.24. The molecule has 0 aromatic carbocycles. The maximum Gasteiger partial charge on any atom is 0.308 e. The highest BCUT2D eigenvalue weighted by Crippen LogP contribution is 2.18. The number of carbonyl (C=O) groups excluding carboxylic acids is 1. The van der Waals surface area contributed by atoms with Crippen LogP contribution in [0.5, 0.6) is 0 Å². The molecule has 1 heterocycles. The molecule has 1 aliphatic heterocycles. The first-order chi connectivity index (χ1) is 8.63. The van der Waals surface area contributed by atoms with Crippen molar-refractivity contribution in [3.05, 3.63) is 0 Å². The van der Waals surface area contributed by atoms with E-state index in [0.29, 0.717) is 18.8 Å². The van der Waals surface area contributed by atoms with Gasteiger partial charge in [0.15, 0.2) is 0 Å². The summed E-state index contributed by atoms with van der Waals surface area (Å²) < 4.78 is 5.23. The number of rotatable bonds is 7. The Labute approximate surface area is 108 Å². The van der Waals surface area contributed by atoms with Crippen molar-refractivity contribution >= 4 is 11.9 Å². The topological polar surface area (TPSA) is 75.6 Å². The number of aliphatic carboxylic acids is 1. The van der Waals surface area contributed by atoms with Gasteiger partial charge in [-0.1, -0.05) is 13.3 Å². The van der Waals surface area contributed by atoms with Crippen LogP contribution in [0, 0.1) is 11.8 Å². The number of ether oxygens (including phenoxy) is 1. The Hall–Kier alpha value is -1.10. The van der Waals surface area contributed by atoms with Gasteiger partial charge in [-0.25, -0.2) is 0 Å². The van der Waals surface area contributed by atoms with Crippen LogP contribution in [0.2, 0.25) is 0 Å². The summed E-state index contributed by atoms with van der Waals surface area (Å²) in [5.41, 5.74) is 0. The fraction of sp³-hybridized carbons (Fsp3) is 0.846. The molecule has 5 heteroatoms. The van der Waals surface area contributed by atoms with Crippen molar-refractivity contribution in [3.63, 3.8) is 0 Å². The van der Waals surface area contributed by atoms with E-state index < -0.39 is 11.9 Å². The third-order valence-corrected chi connectivity index (χ3v) is 3.35. The van der Waals surface area contributed by atoms with Gasteiger partial charge in [0.25, 0.3) is 0 Å². The summed E-state index contributed by atoms with van der Waals surface area (Å²) in [4.78, 5) is 22.6. The fourth-order valence-electron chi connectivity index (χ4n) is 2.18. The van der Waals surface area contributed by atoms with E-state index in [-0.39, 0.29) is 12.5 Å². The highest BCUT2D eigenvalue weighted by Gasteiger charge is 2.20. The van der Waals surface area contributed by atoms with Crippen molar-refractivity contribution in [2.24, 2.45) is 11.8 Å². The Morgan fingerprint density at radius 1 is 1.39 bits per heavy atom. The molecule has 1 atom stereocenters. The first kappa shape index (κ1) is 15.0. The van der Waals surface area contributed by atoms with E-state index in [1.165, 1.54) is 0 Å². The average molecular weight is 257 g/mol. The fourth-order valence-corrected chi connectivity index (χ4v) is 2.18. The number of carboxylic acids is 1. The van der Waals surface area contributed by atoms with Gasteiger partial charge in [0.05, 0.1) is 5.92 Å². The van der Waals surface area contributed by atoms with E-state index >= 15 is 0 Å². The van der Waals surface area contributed by atoms with Gasteiger partial charge >= 0.3 is 5.97 Å². The lowest BCUT2D eigenvalue weighted by Gasteiger charge is -2.21. The summed E-state index contributed by atoms with van der Waals surface area (Å²) in [5.74, 6) is -0.950. The Morgan fingerprint density at radius 2 is 2.06 bits per heavy atom. The van der Waals surface area contributed by atoms with Gasteiger partial charge in [0.2, 0.25) is 5.91 Å². The van der Waals surface area contributed by atoms with E-state index in [2.05, 4.69) is 5.32 Å². The molecule has 1 unspecified atom stereocenters. The van der Waals surface area contributed by atoms with Gasteiger partial charge in [-0.05, 0) is 25.2 Å². The second-order valence-corrected chi connectivity index (χ2v) is 4.89. The summed E-state index contributed by atoms with van der Waals surface area (Å²) in [5, 5.41) is 11.7. The Bertz CT molecular complexity index is 274. The van der Waals surface area contributed by atoms with Crippen LogP contribution in [0.3, 0.4) is 0 Å². The number of nitrogens with one attached hydrogen (secondary N) is 1. The highest BCUT2D eigenvalue weighted by molar-refractivity contribution is 5.77. The summed E-state index contributed by atoms with van der Waals surface area (Å²) in [7, 11) is 0. The smallest absolute Gasteiger partial charge is 0.308 e. The summed E-state index contributed by atoms with van der Waals surface area (Å²) >= 11 is 0. The Kier molecular flexibility index (Phi) is 6.72. The van der Waals surface area contributed by atoms with Crippen LogP contribution in [-0.2, 0) is 14.3 Å². The maximum absolute atomic E-state index is 11.7. The molecule has 104 valence electrons. The Morgan fingerprint density at radius 3 is 2.61 bits per heavy atom. The van der Waals surface area contributed by atoms with Crippen molar-refractivity contribution in [2.75, 3.05) is 19.8 Å². The average Bonchev–Trinajstić information content (AvgIpc) is 2.35. The molecule has 5 nitrogen and oxygen atoms in total. The maximum atomic E-state index is 11.7. The van der Waals surface area contributed by atoms with Crippen LogP contribution in [-0.4, -0.2) is 36.7 Å². The molecule has 1 saturated heterocycles. The van der Waals surface area contributed by atoms with Crippen LogP contribution >= 0.6 is 0 Å². The minimum atomic E-state index is -0.830. The van der Waals surface area contributed by atoms with Crippen LogP contribution in [0.15, 0.2) is 0 Å². The van der Waals surface area contributed by atoms with Gasteiger partial charge in [0.1, 0.15) is 0 Å². The largest absolute Gasteiger partial charge is 0.481 e. The van der Waals surface area contributed by atoms with E-state index in [1.54, 1.807) is 0 Å². The van der Waals surface area contributed by atoms with Crippen LogP contribution in [0.1, 0.15) is 39.0 Å². The van der Waals surface area contributed by atoms with Crippen molar-refractivity contribution in [2.45, 2.75) is 39.0 Å². The number of hydrogen-bond acceptors (Lipinski definition) is 3. The molecule has 0 spiro atoms. The van der Waals surface area contributed by atoms with Gasteiger partial charge in [-0.2, -0.15) is 0 Å². The number of amides is 1. The van der Waals surface area contributed by atoms with Crippen LogP contribution < -0.4 is 5.32 Å². The lowest BCUT2D eigenvalue weighted by molar-refractivity contribution is -0.142. The van der Waals surface area contributed by atoms with Gasteiger partial charge in [-0.3, -0.25) is 9.59 Å². The molecule has 0 aromatic heterocycles. The SMILES string of the molecule is CCCC(CNC(=O)CC1CCOCC1)C(=O)O. The van der Waals surface area contributed by atoms with E-state index in [0.717, 1.165) is 32.5 Å². The molecule has 1 aliphatic rings. The molecule has 1 amide bonds. The van der Waals surface area contributed by atoms with Crippen molar-refractivity contribution in [3.8, 4) is 0 Å². The molecule has 18 heavy (non-hydrogen) atoms. The molecule has 1 rings (SSSR count).